The summed E-state index contributed by atoms with van der Waals surface area (Å²) in [5, 5.41) is 0. The zero-order valence-electron chi connectivity index (χ0n) is 6.41. The second kappa shape index (κ2) is 2.81. The number of carbonyl (C=O) groups excluding carboxylic acids is 1. The largest absolute Gasteiger partial charge is 0.464 e. The van der Waals surface area contributed by atoms with Gasteiger partial charge in [0.25, 0.3) is 0 Å². The van der Waals surface area contributed by atoms with Crippen LogP contribution in [0.1, 0.15) is 5.56 Å². The Balaban J connectivity index is 2.36. The van der Waals surface area contributed by atoms with E-state index in [1.54, 1.807) is 0 Å². The van der Waals surface area contributed by atoms with Crippen molar-refractivity contribution in [3.05, 3.63) is 41.7 Å². The Morgan fingerprint density at radius 1 is 1.33 bits per heavy atom. The van der Waals surface area contributed by atoms with Gasteiger partial charge in [-0.25, -0.2) is 0 Å². The van der Waals surface area contributed by atoms with Gasteiger partial charge in [-0.2, -0.15) is 0 Å². The molecular weight excluding hydrogens is 152 g/mol. The molecule has 59 valence electrons. The minimum Gasteiger partial charge on any atom is -0.464 e. The lowest BCUT2D eigenvalue weighted by Crippen LogP contribution is -2.02. The van der Waals surface area contributed by atoms with Gasteiger partial charge in [0.2, 0.25) is 6.29 Å². The van der Waals surface area contributed by atoms with Crippen molar-refractivity contribution in [3.63, 3.8) is 0 Å². The molecular formula is C10H7O2. The molecule has 1 aromatic rings. The van der Waals surface area contributed by atoms with Crippen LogP contribution in [0.25, 0.3) is 0 Å². The highest BCUT2D eigenvalue weighted by atomic mass is 16.5. The van der Waals surface area contributed by atoms with Crippen molar-refractivity contribution < 1.29 is 9.53 Å². The van der Waals surface area contributed by atoms with Gasteiger partial charge in [-0.3, -0.25) is 4.79 Å². The SMILES string of the molecule is O=[C]C1=COc2ccccc2C1. The summed E-state index contributed by atoms with van der Waals surface area (Å²) in [5.41, 5.74) is 1.60. The molecule has 0 saturated carbocycles. The first-order chi connectivity index (χ1) is 5.90. The summed E-state index contributed by atoms with van der Waals surface area (Å²) in [7, 11) is 0. The standard InChI is InChI=1S/C10H7O2/c11-6-8-5-9-3-1-2-4-10(9)12-7-8/h1-4,7H,5H2. The predicted molar refractivity (Wildman–Crippen MR) is 44.6 cm³/mol. The average Bonchev–Trinajstić information content (AvgIpc) is 2.17. The van der Waals surface area contributed by atoms with Crippen LogP contribution in [0.5, 0.6) is 5.75 Å². The normalized spacial score (nSPS) is 14.2. The molecule has 12 heavy (non-hydrogen) atoms. The third-order valence-electron chi connectivity index (χ3n) is 1.81. The molecule has 0 N–H and O–H groups in total. The maximum absolute atomic E-state index is 10.3. The van der Waals surface area contributed by atoms with E-state index in [9.17, 15) is 4.79 Å². The molecule has 0 amide bonds. The molecule has 2 heteroatoms. The fourth-order valence-electron chi connectivity index (χ4n) is 1.21. The third-order valence-corrected chi connectivity index (χ3v) is 1.81. The number of fused-ring (bicyclic) bond motifs is 1. The van der Waals surface area contributed by atoms with Gasteiger partial charge in [0.05, 0.1) is 6.26 Å². The molecule has 0 saturated heterocycles. The van der Waals surface area contributed by atoms with Gasteiger partial charge in [-0.15, -0.1) is 0 Å². The van der Waals surface area contributed by atoms with Crippen molar-refractivity contribution in [2.45, 2.75) is 6.42 Å². The van der Waals surface area contributed by atoms with Crippen LogP contribution in [-0.4, -0.2) is 6.29 Å². The summed E-state index contributed by atoms with van der Waals surface area (Å²) >= 11 is 0. The smallest absolute Gasteiger partial charge is 0.232 e. The molecule has 1 aliphatic heterocycles. The number of ether oxygens (including phenoxy) is 1. The quantitative estimate of drug-likeness (QED) is 0.622. The fraction of sp³-hybridized carbons (Fsp3) is 0.100. The van der Waals surface area contributed by atoms with Gasteiger partial charge in [0.15, 0.2) is 0 Å². The van der Waals surface area contributed by atoms with Crippen molar-refractivity contribution in [2.75, 3.05) is 0 Å². The number of hydrogen-bond acceptors (Lipinski definition) is 2. The second-order valence-corrected chi connectivity index (χ2v) is 2.65. The molecule has 0 aliphatic carbocycles. The van der Waals surface area contributed by atoms with E-state index in [2.05, 4.69) is 0 Å². The Hall–Kier alpha value is -1.57. The summed E-state index contributed by atoms with van der Waals surface area (Å²) in [4.78, 5) is 10.3. The van der Waals surface area contributed by atoms with E-state index in [-0.39, 0.29) is 0 Å². The molecule has 1 heterocycles. The van der Waals surface area contributed by atoms with Crippen LogP contribution >= 0.6 is 0 Å². The van der Waals surface area contributed by atoms with Crippen LogP contribution in [-0.2, 0) is 11.2 Å². The van der Waals surface area contributed by atoms with E-state index in [0.29, 0.717) is 12.0 Å². The molecule has 1 aliphatic rings. The van der Waals surface area contributed by atoms with Crippen molar-refractivity contribution in [3.8, 4) is 5.75 Å². The highest BCUT2D eigenvalue weighted by Gasteiger charge is 2.10. The Kier molecular flexibility index (Phi) is 1.67. The summed E-state index contributed by atoms with van der Waals surface area (Å²) in [6.07, 6.45) is 3.91. The van der Waals surface area contributed by atoms with E-state index >= 15 is 0 Å². The van der Waals surface area contributed by atoms with Crippen molar-refractivity contribution in [1.29, 1.82) is 0 Å². The average molecular weight is 159 g/mol. The molecule has 0 atom stereocenters. The first kappa shape index (κ1) is 7.10. The van der Waals surface area contributed by atoms with E-state index in [1.807, 2.05) is 30.6 Å². The number of hydrogen-bond donors (Lipinski definition) is 0. The van der Waals surface area contributed by atoms with Crippen molar-refractivity contribution in [1.82, 2.24) is 0 Å². The van der Waals surface area contributed by atoms with E-state index in [0.717, 1.165) is 11.3 Å². The van der Waals surface area contributed by atoms with Gasteiger partial charge in [-0.05, 0) is 11.6 Å². The third kappa shape index (κ3) is 1.11. The zero-order chi connectivity index (χ0) is 8.39. The topological polar surface area (TPSA) is 26.3 Å². The maximum Gasteiger partial charge on any atom is 0.232 e. The van der Waals surface area contributed by atoms with Crippen LogP contribution in [0, 0.1) is 0 Å². The van der Waals surface area contributed by atoms with E-state index < -0.39 is 0 Å². The fourth-order valence-corrected chi connectivity index (χ4v) is 1.21. The maximum atomic E-state index is 10.3. The van der Waals surface area contributed by atoms with Crippen LogP contribution in [0.15, 0.2) is 36.1 Å². The molecule has 0 fully saturated rings. The van der Waals surface area contributed by atoms with Gasteiger partial charge in [0.1, 0.15) is 5.75 Å². The van der Waals surface area contributed by atoms with E-state index in [4.69, 9.17) is 4.74 Å². The lowest BCUT2D eigenvalue weighted by molar-refractivity contribution is 0.458. The lowest BCUT2D eigenvalue weighted by atomic mass is 10.0. The van der Waals surface area contributed by atoms with Crippen LogP contribution < -0.4 is 4.74 Å². The van der Waals surface area contributed by atoms with E-state index in [1.165, 1.54) is 6.26 Å². The molecule has 0 aromatic heterocycles. The Morgan fingerprint density at radius 3 is 3.00 bits per heavy atom. The minimum absolute atomic E-state index is 0.564. The number of para-hydroxylation sites is 1. The molecule has 1 radical (unpaired) electrons. The first-order valence-corrected chi connectivity index (χ1v) is 3.72. The number of benzene rings is 1. The molecule has 2 rings (SSSR count). The number of allylic oxidation sites excluding steroid dienone is 1. The van der Waals surface area contributed by atoms with Gasteiger partial charge in [0, 0.05) is 12.0 Å². The highest BCUT2D eigenvalue weighted by molar-refractivity contribution is 5.75. The van der Waals surface area contributed by atoms with Crippen molar-refractivity contribution >= 4 is 6.29 Å². The molecule has 0 unspecified atom stereocenters. The lowest BCUT2D eigenvalue weighted by Gasteiger charge is -2.12. The highest BCUT2D eigenvalue weighted by Crippen LogP contribution is 2.24. The Labute approximate surface area is 70.5 Å². The van der Waals surface area contributed by atoms with Crippen LogP contribution in [0.3, 0.4) is 0 Å². The van der Waals surface area contributed by atoms with Gasteiger partial charge < -0.3 is 4.74 Å². The zero-order valence-corrected chi connectivity index (χ0v) is 6.41. The Bertz CT molecular complexity index is 339. The molecule has 2 nitrogen and oxygen atoms in total. The summed E-state index contributed by atoms with van der Waals surface area (Å²) in [6, 6.07) is 7.66. The summed E-state index contributed by atoms with van der Waals surface area (Å²) in [5.74, 6) is 0.830. The molecule has 0 spiro atoms. The molecule has 1 aromatic carbocycles. The van der Waals surface area contributed by atoms with Crippen molar-refractivity contribution in [2.24, 2.45) is 0 Å². The predicted octanol–water partition coefficient (Wildman–Crippen LogP) is 1.62. The monoisotopic (exact) mass is 159 g/mol. The first-order valence-electron chi connectivity index (χ1n) is 3.72. The Morgan fingerprint density at radius 2 is 2.17 bits per heavy atom. The summed E-state index contributed by atoms with van der Waals surface area (Å²) < 4.78 is 5.20. The second-order valence-electron chi connectivity index (χ2n) is 2.65. The van der Waals surface area contributed by atoms with Crippen LogP contribution in [0.2, 0.25) is 0 Å². The van der Waals surface area contributed by atoms with Gasteiger partial charge in [-0.1, -0.05) is 18.2 Å². The van der Waals surface area contributed by atoms with Crippen LogP contribution in [0.4, 0.5) is 0 Å². The minimum atomic E-state index is 0.564. The molecule has 0 bridgehead atoms. The van der Waals surface area contributed by atoms with Gasteiger partial charge >= 0.3 is 0 Å². The summed E-state index contributed by atoms with van der Waals surface area (Å²) in [6.45, 7) is 0. The number of rotatable bonds is 1.